The van der Waals surface area contributed by atoms with Crippen LogP contribution in [-0.4, -0.2) is 12.0 Å². The fourth-order valence-corrected chi connectivity index (χ4v) is 3.95. The van der Waals surface area contributed by atoms with E-state index in [0.717, 1.165) is 3.92 Å². The Bertz CT molecular complexity index is 179. The molecule has 0 aliphatic heterocycles. The maximum Gasteiger partial charge on any atom is 0.0483 e. The van der Waals surface area contributed by atoms with E-state index in [0.29, 0.717) is 0 Å². The SMILES string of the molecule is C[Si](C)(C)CC1=CC[C@H](I)CC1. The van der Waals surface area contributed by atoms with E-state index in [-0.39, 0.29) is 0 Å². The van der Waals surface area contributed by atoms with Gasteiger partial charge in [-0.2, -0.15) is 0 Å². The Kier molecular flexibility index (Phi) is 3.83. The van der Waals surface area contributed by atoms with E-state index in [2.05, 4.69) is 48.3 Å². The lowest BCUT2D eigenvalue weighted by Gasteiger charge is -2.22. The topological polar surface area (TPSA) is 0 Å². The molecule has 0 heterocycles. The lowest BCUT2D eigenvalue weighted by Crippen LogP contribution is -2.21. The van der Waals surface area contributed by atoms with Gasteiger partial charge < -0.3 is 0 Å². The van der Waals surface area contributed by atoms with Crippen LogP contribution in [0.1, 0.15) is 19.3 Å². The highest BCUT2D eigenvalue weighted by Crippen LogP contribution is 2.29. The summed E-state index contributed by atoms with van der Waals surface area (Å²) in [5, 5.41) is 0. The molecule has 2 heteroatoms. The van der Waals surface area contributed by atoms with Crippen molar-refractivity contribution in [3.63, 3.8) is 0 Å². The Morgan fingerprint density at radius 3 is 2.58 bits per heavy atom. The first-order valence-corrected chi connectivity index (χ1v) is 9.75. The molecule has 12 heavy (non-hydrogen) atoms. The second-order valence-corrected chi connectivity index (χ2v) is 12.2. The first-order valence-electron chi connectivity index (χ1n) is 4.79. The average molecular weight is 294 g/mol. The molecule has 0 saturated heterocycles. The van der Waals surface area contributed by atoms with E-state index in [1.54, 1.807) is 5.57 Å². The summed E-state index contributed by atoms with van der Waals surface area (Å²) in [7, 11) is -0.837. The highest BCUT2D eigenvalue weighted by Gasteiger charge is 2.18. The molecule has 0 radical (unpaired) electrons. The quantitative estimate of drug-likeness (QED) is 0.309. The van der Waals surface area contributed by atoms with Crippen LogP contribution >= 0.6 is 22.6 Å². The largest absolute Gasteiger partial charge is 0.0846 e. The Balaban J connectivity index is 2.44. The van der Waals surface area contributed by atoms with E-state index in [1.165, 1.54) is 25.3 Å². The third-order valence-corrected chi connectivity index (χ3v) is 4.84. The molecule has 0 amide bonds. The highest BCUT2D eigenvalue weighted by atomic mass is 127. The molecule has 0 saturated carbocycles. The Hall–Kier alpha value is 0.687. The summed E-state index contributed by atoms with van der Waals surface area (Å²) in [5.74, 6) is 0. The zero-order valence-electron chi connectivity index (χ0n) is 8.36. The van der Waals surface area contributed by atoms with Gasteiger partial charge in [-0.25, -0.2) is 0 Å². The summed E-state index contributed by atoms with van der Waals surface area (Å²) in [6, 6.07) is 1.43. The van der Waals surface area contributed by atoms with Crippen molar-refractivity contribution in [3.05, 3.63) is 11.6 Å². The van der Waals surface area contributed by atoms with E-state index >= 15 is 0 Å². The number of rotatable bonds is 2. The van der Waals surface area contributed by atoms with Crippen molar-refractivity contribution in [2.45, 2.75) is 48.9 Å². The number of hydrogen-bond donors (Lipinski definition) is 0. The molecule has 1 aliphatic rings. The first-order chi connectivity index (χ1) is 5.47. The molecule has 0 N–H and O–H groups in total. The summed E-state index contributed by atoms with van der Waals surface area (Å²) < 4.78 is 0.910. The summed E-state index contributed by atoms with van der Waals surface area (Å²) in [6.45, 7) is 7.39. The predicted octanol–water partition coefficient (Wildman–Crippen LogP) is 4.24. The third-order valence-electron chi connectivity index (χ3n) is 2.20. The monoisotopic (exact) mass is 294 g/mol. The molecule has 0 aromatic rings. The van der Waals surface area contributed by atoms with E-state index in [9.17, 15) is 0 Å². The predicted molar refractivity (Wildman–Crippen MR) is 67.9 cm³/mol. The summed E-state index contributed by atoms with van der Waals surface area (Å²) >= 11 is 2.57. The number of halogens is 1. The van der Waals surface area contributed by atoms with Gasteiger partial charge in [0.25, 0.3) is 0 Å². The summed E-state index contributed by atoms with van der Waals surface area (Å²) in [6.07, 6.45) is 6.61. The van der Waals surface area contributed by atoms with E-state index in [1.807, 2.05) is 0 Å². The first kappa shape index (κ1) is 10.8. The lowest BCUT2D eigenvalue weighted by atomic mass is 10.0. The molecule has 0 aromatic carbocycles. The molecule has 1 rings (SSSR count). The van der Waals surface area contributed by atoms with Crippen LogP contribution in [-0.2, 0) is 0 Å². The number of alkyl halides is 1. The molecular weight excluding hydrogens is 275 g/mol. The van der Waals surface area contributed by atoms with Crippen LogP contribution in [0.25, 0.3) is 0 Å². The molecule has 0 nitrogen and oxygen atoms in total. The molecule has 70 valence electrons. The van der Waals surface area contributed by atoms with Crippen LogP contribution in [0, 0.1) is 0 Å². The van der Waals surface area contributed by atoms with Crippen molar-refractivity contribution in [1.29, 1.82) is 0 Å². The summed E-state index contributed by atoms with van der Waals surface area (Å²) in [5.41, 5.74) is 1.75. The molecular formula is C10H19ISi. The van der Waals surface area contributed by atoms with Gasteiger partial charge in [0.15, 0.2) is 0 Å². The summed E-state index contributed by atoms with van der Waals surface area (Å²) in [4.78, 5) is 0. The normalized spacial score (nSPS) is 25.3. The fourth-order valence-electron chi connectivity index (χ4n) is 1.70. The fraction of sp³-hybridized carbons (Fsp3) is 0.800. The lowest BCUT2D eigenvalue weighted by molar-refractivity contribution is 0.736. The zero-order valence-corrected chi connectivity index (χ0v) is 11.5. The van der Waals surface area contributed by atoms with Crippen LogP contribution in [0.5, 0.6) is 0 Å². The van der Waals surface area contributed by atoms with Gasteiger partial charge in [-0.15, -0.1) is 0 Å². The molecule has 1 atom stereocenters. The molecule has 0 bridgehead atoms. The van der Waals surface area contributed by atoms with Gasteiger partial charge in [-0.3, -0.25) is 0 Å². The van der Waals surface area contributed by atoms with Crippen molar-refractivity contribution < 1.29 is 0 Å². The van der Waals surface area contributed by atoms with E-state index in [4.69, 9.17) is 0 Å². The third kappa shape index (κ3) is 4.08. The minimum absolute atomic E-state index is 0.837. The van der Waals surface area contributed by atoms with Gasteiger partial charge in [0.1, 0.15) is 0 Å². The van der Waals surface area contributed by atoms with Gasteiger partial charge in [-0.1, -0.05) is 53.9 Å². The second kappa shape index (κ2) is 4.27. The molecule has 0 aromatic heterocycles. The minimum Gasteiger partial charge on any atom is -0.0846 e. The van der Waals surface area contributed by atoms with Crippen molar-refractivity contribution >= 4 is 30.7 Å². The van der Waals surface area contributed by atoms with Crippen molar-refractivity contribution in [2.24, 2.45) is 0 Å². The molecule has 0 unspecified atom stereocenters. The Morgan fingerprint density at radius 2 is 2.17 bits per heavy atom. The van der Waals surface area contributed by atoms with Gasteiger partial charge >= 0.3 is 0 Å². The number of hydrogen-bond acceptors (Lipinski definition) is 0. The van der Waals surface area contributed by atoms with Crippen molar-refractivity contribution in [1.82, 2.24) is 0 Å². The van der Waals surface area contributed by atoms with Crippen LogP contribution in [0.15, 0.2) is 11.6 Å². The standard InChI is InChI=1S/C10H19ISi/c1-12(2,3)8-9-4-6-10(11)7-5-9/h4,10H,5-8H2,1-3H3/t10-/m0/s1. The molecule has 0 spiro atoms. The average Bonchev–Trinajstić information content (AvgIpc) is 1.91. The molecule has 0 fully saturated rings. The Morgan fingerprint density at radius 1 is 1.50 bits per heavy atom. The Labute approximate surface area is 91.0 Å². The maximum atomic E-state index is 2.57. The molecule has 1 aliphatic carbocycles. The second-order valence-electron chi connectivity index (χ2n) is 4.97. The van der Waals surface area contributed by atoms with Crippen LogP contribution in [0.2, 0.25) is 25.7 Å². The maximum absolute atomic E-state index is 2.57. The van der Waals surface area contributed by atoms with Crippen LogP contribution < -0.4 is 0 Å². The van der Waals surface area contributed by atoms with Gasteiger partial charge in [0.05, 0.1) is 0 Å². The minimum atomic E-state index is -0.837. The van der Waals surface area contributed by atoms with Gasteiger partial charge in [0, 0.05) is 12.0 Å². The highest BCUT2D eigenvalue weighted by molar-refractivity contribution is 14.1. The van der Waals surface area contributed by atoms with Crippen molar-refractivity contribution in [2.75, 3.05) is 0 Å². The van der Waals surface area contributed by atoms with Crippen LogP contribution in [0.3, 0.4) is 0 Å². The van der Waals surface area contributed by atoms with Gasteiger partial charge in [-0.05, 0) is 25.3 Å². The van der Waals surface area contributed by atoms with E-state index < -0.39 is 8.07 Å². The number of allylic oxidation sites excluding steroid dienone is 2. The van der Waals surface area contributed by atoms with Crippen molar-refractivity contribution in [3.8, 4) is 0 Å². The smallest absolute Gasteiger partial charge is 0.0483 e. The van der Waals surface area contributed by atoms with Gasteiger partial charge in [0.2, 0.25) is 0 Å². The van der Waals surface area contributed by atoms with Crippen LogP contribution in [0.4, 0.5) is 0 Å². The zero-order chi connectivity index (χ0) is 9.19.